The number of rotatable bonds is 6. The zero-order valence-electron chi connectivity index (χ0n) is 13.6. The summed E-state index contributed by atoms with van der Waals surface area (Å²) >= 11 is 0. The third-order valence-corrected chi connectivity index (χ3v) is 5.29. The first-order chi connectivity index (χ1) is 9.37. The maximum absolute atomic E-state index is 12.2. The molecule has 0 aromatic heterocycles. The summed E-state index contributed by atoms with van der Waals surface area (Å²) in [6.45, 7) is 13.2. The number of ether oxygens (including phenoxy) is 1. The number of carbonyl (C=O) groups is 1. The van der Waals surface area contributed by atoms with Crippen LogP contribution in [-0.4, -0.2) is 20.7 Å². The highest BCUT2D eigenvalue weighted by Gasteiger charge is 2.26. The van der Waals surface area contributed by atoms with Crippen molar-refractivity contribution in [2.45, 2.75) is 58.3 Å². The topological polar surface area (TPSA) is 26.3 Å². The van der Waals surface area contributed by atoms with Gasteiger partial charge in [-0.15, -0.1) is 6.58 Å². The van der Waals surface area contributed by atoms with Crippen LogP contribution in [0.2, 0.25) is 25.7 Å². The van der Waals surface area contributed by atoms with Gasteiger partial charge in [0.1, 0.15) is 0 Å². The summed E-state index contributed by atoms with van der Waals surface area (Å²) in [7, 11) is -1.32. The van der Waals surface area contributed by atoms with E-state index in [1.165, 1.54) is 25.7 Å². The summed E-state index contributed by atoms with van der Waals surface area (Å²) < 4.78 is 5.25. The van der Waals surface area contributed by atoms with Gasteiger partial charge >= 0.3 is 5.97 Å². The Hall–Kier alpha value is -0.833. The van der Waals surface area contributed by atoms with Crippen LogP contribution in [0.25, 0.3) is 0 Å². The van der Waals surface area contributed by atoms with Gasteiger partial charge in [-0.05, 0) is 37.6 Å². The normalized spacial score (nSPS) is 24.3. The highest BCUT2D eigenvalue weighted by atomic mass is 28.3. The van der Waals surface area contributed by atoms with E-state index in [1.54, 1.807) is 0 Å². The molecule has 1 rings (SSSR count). The molecule has 0 saturated heterocycles. The van der Waals surface area contributed by atoms with E-state index in [1.807, 2.05) is 6.92 Å². The van der Waals surface area contributed by atoms with Gasteiger partial charge < -0.3 is 4.74 Å². The molecule has 114 valence electrons. The second kappa shape index (κ2) is 7.82. The van der Waals surface area contributed by atoms with Crippen molar-refractivity contribution < 1.29 is 9.53 Å². The van der Waals surface area contributed by atoms with E-state index >= 15 is 0 Å². The van der Waals surface area contributed by atoms with Crippen molar-refractivity contribution in [2.24, 2.45) is 11.8 Å². The molecule has 0 radical (unpaired) electrons. The van der Waals surface area contributed by atoms with E-state index in [4.69, 9.17) is 4.74 Å². The van der Waals surface area contributed by atoms with Crippen molar-refractivity contribution >= 4 is 14.0 Å². The lowest BCUT2D eigenvalue weighted by Gasteiger charge is -2.28. The largest absolute Gasteiger partial charge is 0.463 e. The van der Waals surface area contributed by atoms with Gasteiger partial charge in [0, 0.05) is 13.6 Å². The fraction of sp³-hybridized carbons (Fsp3) is 0.706. The maximum Gasteiger partial charge on any atom is 0.333 e. The molecule has 1 aliphatic rings. The van der Waals surface area contributed by atoms with Gasteiger partial charge in [-0.25, -0.2) is 4.79 Å². The van der Waals surface area contributed by atoms with Crippen LogP contribution in [0.3, 0.4) is 0 Å². The lowest BCUT2D eigenvalue weighted by molar-refractivity contribution is -0.138. The molecule has 0 aromatic carbocycles. The highest BCUT2D eigenvalue weighted by molar-refractivity contribution is 6.77. The second-order valence-electron chi connectivity index (χ2n) is 7.00. The molecule has 0 bridgehead atoms. The van der Waals surface area contributed by atoms with Gasteiger partial charge in [0.25, 0.3) is 0 Å². The molecule has 3 heteroatoms. The Kier molecular flexibility index (Phi) is 6.73. The van der Waals surface area contributed by atoms with E-state index in [-0.39, 0.29) is 5.97 Å². The monoisotopic (exact) mass is 294 g/mol. The average Bonchev–Trinajstić information content (AvgIpc) is 2.37. The van der Waals surface area contributed by atoms with Gasteiger partial charge in [-0.1, -0.05) is 44.6 Å². The zero-order valence-corrected chi connectivity index (χ0v) is 14.6. The van der Waals surface area contributed by atoms with Crippen LogP contribution in [-0.2, 0) is 9.53 Å². The molecule has 0 N–H and O–H groups in total. The van der Waals surface area contributed by atoms with Crippen molar-refractivity contribution in [1.82, 2.24) is 0 Å². The van der Waals surface area contributed by atoms with Crippen LogP contribution in [0.15, 0.2) is 24.3 Å². The molecule has 0 spiro atoms. The van der Waals surface area contributed by atoms with Gasteiger partial charge in [-0.2, -0.15) is 0 Å². The minimum Gasteiger partial charge on any atom is -0.463 e. The third kappa shape index (κ3) is 5.66. The molecule has 20 heavy (non-hydrogen) atoms. The molecule has 1 aliphatic carbocycles. The van der Waals surface area contributed by atoms with E-state index in [0.717, 1.165) is 11.6 Å². The Morgan fingerprint density at radius 1 is 1.25 bits per heavy atom. The summed E-state index contributed by atoms with van der Waals surface area (Å²) in [4.78, 5) is 12.2. The van der Waals surface area contributed by atoms with Crippen molar-refractivity contribution in [2.75, 3.05) is 6.61 Å². The molecule has 0 aromatic rings. The molecule has 2 atom stereocenters. The molecule has 1 saturated carbocycles. The number of allylic oxidation sites excluding steroid dienone is 2. The first kappa shape index (κ1) is 17.2. The molecule has 2 nitrogen and oxygen atoms in total. The number of hydrogen-bond donors (Lipinski definition) is 0. The Bertz CT molecular complexity index is 366. The molecule has 0 amide bonds. The molecule has 2 unspecified atom stereocenters. The molecular formula is C17H30O2Si. The van der Waals surface area contributed by atoms with Gasteiger partial charge in [0.15, 0.2) is 0 Å². The smallest absolute Gasteiger partial charge is 0.333 e. The van der Waals surface area contributed by atoms with Crippen molar-refractivity contribution in [3.63, 3.8) is 0 Å². The summed E-state index contributed by atoms with van der Waals surface area (Å²) in [6.07, 6.45) is 9.19. The molecule has 1 fully saturated rings. The zero-order chi connectivity index (χ0) is 15.2. The van der Waals surface area contributed by atoms with E-state index < -0.39 is 8.07 Å². The SMILES string of the molecule is C=CC1CCCCC1/C=C(/C[Si](C)(C)C)C(=O)OCC. The van der Waals surface area contributed by atoms with Crippen LogP contribution in [0, 0.1) is 11.8 Å². The summed E-state index contributed by atoms with van der Waals surface area (Å²) in [5.74, 6) is 0.884. The summed E-state index contributed by atoms with van der Waals surface area (Å²) in [5.41, 5.74) is 0.907. The lowest BCUT2D eigenvalue weighted by Crippen LogP contribution is -2.25. The predicted octanol–water partition coefficient (Wildman–Crippen LogP) is 4.81. The number of carbonyl (C=O) groups excluding carboxylic acids is 1. The van der Waals surface area contributed by atoms with Crippen LogP contribution < -0.4 is 0 Å². The number of hydrogen-bond acceptors (Lipinski definition) is 2. The minimum atomic E-state index is -1.32. The first-order valence-electron chi connectivity index (χ1n) is 7.87. The van der Waals surface area contributed by atoms with Crippen LogP contribution in [0.5, 0.6) is 0 Å². The quantitative estimate of drug-likeness (QED) is 0.304. The van der Waals surface area contributed by atoms with Gasteiger partial charge in [0.2, 0.25) is 0 Å². The van der Waals surface area contributed by atoms with Gasteiger partial charge in [-0.3, -0.25) is 0 Å². The second-order valence-corrected chi connectivity index (χ2v) is 12.5. The Labute approximate surface area is 125 Å². The standard InChI is InChI=1S/C17H30O2Si/c1-6-14-10-8-9-11-15(14)12-16(13-20(3,4)5)17(18)19-7-2/h6,12,14-15H,1,7-11,13H2,2-5H3/b16-12-. The molecule has 0 heterocycles. The van der Waals surface area contributed by atoms with Crippen molar-refractivity contribution in [3.8, 4) is 0 Å². The first-order valence-corrected chi connectivity index (χ1v) is 11.6. The Morgan fingerprint density at radius 3 is 2.35 bits per heavy atom. The van der Waals surface area contributed by atoms with E-state index in [9.17, 15) is 4.79 Å². The van der Waals surface area contributed by atoms with Crippen LogP contribution in [0.1, 0.15) is 32.6 Å². The van der Waals surface area contributed by atoms with Crippen molar-refractivity contribution in [3.05, 3.63) is 24.3 Å². The maximum atomic E-state index is 12.2. The van der Waals surface area contributed by atoms with Crippen LogP contribution in [0.4, 0.5) is 0 Å². The highest BCUT2D eigenvalue weighted by Crippen LogP contribution is 2.33. The summed E-state index contributed by atoms with van der Waals surface area (Å²) in [6, 6.07) is 0.909. The Balaban J connectivity index is 2.91. The van der Waals surface area contributed by atoms with E-state index in [0.29, 0.717) is 18.4 Å². The molecule has 0 aliphatic heterocycles. The fourth-order valence-corrected chi connectivity index (χ4v) is 4.35. The summed E-state index contributed by atoms with van der Waals surface area (Å²) in [5, 5.41) is 0. The van der Waals surface area contributed by atoms with Crippen molar-refractivity contribution in [1.29, 1.82) is 0 Å². The minimum absolute atomic E-state index is 0.108. The van der Waals surface area contributed by atoms with Gasteiger partial charge in [0.05, 0.1) is 6.61 Å². The lowest BCUT2D eigenvalue weighted by atomic mass is 9.78. The number of esters is 1. The fourth-order valence-electron chi connectivity index (χ4n) is 2.94. The third-order valence-electron chi connectivity index (χ3n) is 3.85. The van der Waals surface area contributed by atoms with E-state index in [2.05, 4.69) is 38.4 Å². The Morgan fingerprint density at radius 2 is 1.85 bits per heavy atom. The average molecular weight is 295 g/mol. The molecular weight excluding hydrogens is 264 g/mol. The van der Waals surface area contributed by atoms with Crippen LogP contribution >= 0.6 is 0 Å². The predicted molar refractivity (Wildman–Crippen MR) is 88.5 cm³/mol.